The van der Waals surface area contributed by atoms with E-state index < -0.39 is 0 Å². The molecule has 0 aromatic heterocycles. The second kappa shape index (κ2) is 6.88. The summed E-state index contributed by atoms with van der Waals surface area (Å²) in [5, 5.41) is 12.2. The number of aliphatic hydroxyl groups is 1. The van der Waals surface area contributed by atoms with Crippen molar-refractivity contribution < 1.29 is 9.50 Å². The molecule has 4 nitrogen and oxygen atoms in total. The highest BCUT2D eigenvalue weighted by Gasteiger charge is 2.10. The minimum atomic E-state index is -0.342. The van der Waals surface area contributed by atoms with Crippen LogP contribution in [0.15, 0.2) is 29.4 Å². The van der Waals surface area contributed by atoms with E-state index in [1.54, 1.807) is 14.1 Å². The molecule has 0 radical (unpaired) electrons. The van der Waals surface area contributed by atoms with Crippen LogP contribution in [0.5, 0.6) is 0 Å². The Morgan fingerprint density at radius 2 is 2.22 bits per heavy atom. The molecule has 0 aliphatic carbocycles. The number of benzene rings is 1. The first kappa shape index (κ1) is 14.3. The van der Waals surface area contributed by atoms with E-state index in [0.29, 0.717) is 23.4 Å². The highest BCUT2D eigenvalue weighted by Crippen LogP contribution is 2.19. The Morgan fingerprint density at radius 1 is 1.50 bits per heavy atom. The molecule has 0 bridgehead atoms. The average Bonchev–Trinajstić information content (AvgIpc) is 2.35. The average molecular weight is 251 g/mol. The van der Waals surface area contributed by atoms with Crippen molar-refractivity contribution in [1.82, 2.24) is 5.32 Å². The van der Waals surface area contributed by atoms with Crippen molar-refractivity contribution >= 4 is 11.3 Å². The zero-order valence-corrected chi connectivity index (χ0v) is 10.6. The number of hydrogen-bond donors (Lipinski definition) is 3. The number of aliphatic hydroxyl groups excluding tert-OH is 1. The first-order chi connectivity index (χ1) is 8.65. The van der Waals surface area contributed by atoms with Crippen LogP contribution in [-0.4, -0.2) is 31.5 Å². The lowest BCUT2D eigenvalue weighted by atomic mass is 10.00. The third-order valence-electron chi connectivity index (χ3n) is 2.55. The third-order valence-corrected chi connectivity index (χ3v) is 2.55. The fourth-order valence-corrected chi connectivity index (χ4v) is 1.75. The van der Waals surface area contributed by atoms with Gasteiger partial charge in [0.1, 0.15) is 5.82 Å². The van der Waals surface area contributed by atoms with Crippen LogP contribution in [-0.2, 0) is 6.54 Å². The summed E-state index contributed by atoms with van der Waals surface area (Å²) in [5.74, 6) is -0.342. The van der Waals surface area contributed by atoms with Crippen LogP contribution < -0.4 is 11.1 Å². The Kier molecular flexibility index (Phi) is 5.48. The van der Waals surface area contributed by atoms with E-state index in [9.17, 15) is 9.50 Å². The molecule has 0 aliphatic rings. The third kappa shape index (κ3) is 3.38. The van der Waals surface area contributed by atoms with Gasteiger partial charge in [-0.1, -0.05) is 0 Å². The second-order valence-electron chi connectivity index (χ2n) is 3.79. The first-order valence-electron chi connectivity index (χ1n) is 5.59. The maximum Gasteiger partial charge on any atom is 0.124 e. The lowest BCUT2D eigenvalue weighted by Crippen LogP contribution is -2.11. The fraction of sp³-hybridized carbons (Fsp3) is 0.308. The molecule has 0 spiro atoms. The van der Waals surface area contributed by atoms with Crippen LogP contribution >= 0.6 is 0 Å². The van der Waals surface area contributed by atoms with Gasteiger partial charge in [-0.3, -0.25) is 4.99 Å². The monoisotopic (exact) mass is 251 g/mol. The molecule has 0 unspecified atom stereocenters. The second-order valence-corrected chi connectivity index (χ2v) is 3.79. The molecule has 1 aromatic rings. The van der Waals surface area contributed by atoms with E-state index in [2.05, 4.69) is 10.3 Å². The van der Waals surface area contributed by atoms with Gasteiger partial charge in [-0.05, 0) is 36.4 Å². The standard InChI is InChI=1S/C13H18FN3O/c1-16-7-9-3-10(5-11(14)4-9)12(6-15)13(8-18)17-2/h3-6,16,18H,7-8,15H2,1-2H3. The normalized spacial score (nSPS) is 12.9. The number of aliphatic imine (C=N–C) groups is 1. The van der Waals surface area contributed by atoms with E-state index in [1.165, 1.54) is 18.3 Å². The number of nitrogens with two attached hydrogens (primary N) is 1. The number of rotatable bonds is 5. The Labute approximate surface area is 106 Å². The van der Waals surface area contributed by atoms with E-state index in [4.69, 9.17) is 5.73 Å². The SMILES string of the molecule is CN=C(CO)C(=CN)c1cc(F)cc(CNC)c1. The van der Waals surface area contributed by atoms with Crippen molar-refractivity contribution in [1.29, 1.82) is 0 Å². The van der Waals surface area contributed by atoms with Crippen molar-refractivity contribution in [3.05, 3.63) is 41.3 Å². The van der Waals surface area contributed by atoms with Gasteiger partial charge in [0.2, 0.25) is 0 Å². The summed E-state index contributed by atoms with van der Waals surface area (Å²) in [4.78, 5) is 3.94. The molecule has 1 rings (SSSR count). The largest absolute Gasteiger partial charge is 0.404 e. The Hall–Kier alpha value is -1.72. The Bertz CT molecular complexity index is 469. The minimum Gasteiger partial charge on any atom is -0.404 e. The summed E-state index contributed by atoms with van der Waals surface area (Å²) >= 11 is 0. The van der Waals surface area contributed by atoms with Crippen LogP contribution in [0.4, 0.5) is 4.39 Å². The summed E-state index contributed by atoms with van der Waals surface area (Å²) in [6.45, 7) is 0.317. The van der Waals surface area contributed by atoms with E-state index in [0.717, 1.165) is 5.56 Å². The van der Waals surface area contributed by atoms with Crippen molar-refractivity contribution in [3.63, 3.8) is 0 Å². The summed E-state index contributed by atoms with van der Waals surface area (Å²) in [5.41, 5.74) is 7.92. The highest BCUT2D eigenvalue weighted by molar-refractivity contribution is 6.24. The molecular formula is C13H18FN3O. The van der Waals surface area contributed by atoms with Gasteiger partial charge in [0.05, 0.1) is 12.3 Å². The van der Waals surface area contributed by atoms with Crippen LogP contribution in [0, 0.1) is 5.82 Å². The van der Waals surface area contributed by atoms with Gasteiger partial charge in [0.15, 0.2) is 0 Å². The lowest BCUT2D eigenvalue weighted by molar-refractivity contribution is 0.358. The number of nitrogens with one attached hydrogen (secondary N) is 1. The van der Waals surface area contributed by atoms with Crippen molar-refractivity contribution in [3.8, 4) is 0 Å². The minimum absolute atomic E-state index is 0.239. The molecule has 1 aromatic carbocycles. The molecule has 0 atom stereocenters. The number of halogens is 1. The van der Waals surface area contributed by atoms with Crippen LogP contribution in [0.2, 0.25) is 0 Å². The predicted molar refractivity (Wildman–Crippen MR) is 71.8 cm³/mol. The number of nitrogens with zero attached hydrogens (tertiary/aromatic N) is 1. The molecule has 4 N–H and O–H groups in total. The molecule has 0 heterocycles. The summed E-state index contributed by atoms with van der Waals surface area (Å²) in [6.07, 6.45) is 1.33. The van der Waals surface area contributed by atoms with Crippen molar-refractivity contribution in [2.24, 2.45) is 10.7 Å². The Morgan fingerprint density at radius 3 is 2.72 bits per heavy atom. The van der Waals surface area contributed by atoms with E-state index in [-0.39, 0.29) is 12.4 Å². The molecule has 5 heteroatoms. The topological polar surface area (TPSA) is 70.6 Å². The van der Waals surface area contributed by atoms with Crippen LogP contribution in [0.1, 0.15) is 11.1 Å². The summed E-state index contributed by atoms with van der Waals surface area (Å²) < 4.78 is 13.5. The van der Waals surface area contributed by atoms with Gasteiger partial charge in [0, 0.05) is 25.4 Å². The van der Waals surface area contributed by atoms with Gasteiger partial charge in [-0.15, -0.1) is 0 Å². The molecule has 0 saturated heterocycles. The first-order valence-corrected chi connectivity index (χ1v) is 5.59. The van der Waals surface area contributed by atoms with Crippen LogP contribution in [0.25, 0.3) is 5.57 Å². The lowest BCUT2D eigenvalue weighted by Gasteiger charge is -2.10. The van der Waals surface area contributed by atoms with Gasteiger partial charge < -0.3 is 16.2 Å². The molecule has 0 fully saturated rings. The van der Waals surface area contributed by atoms with E-state index >= 15 is 0 Å². The van der Waals surface area contributed by atoms with Gasteiger partial charge in [-0.25, -0.2) is 4.39 Å². The van der Waals surface area contributed by atoms with E-state index in [1.807, 2.05) is 6.07 Å². The van der Waals surface area contributed by atoms with Crippen molar-refractivity contribution in [2.45, 2.75) is 6.54 Å². The fourth-order valence-electron chi connectivity index (χ4n) is 1.75. The molecule has 98 valence electrons. The summed E-state index contributed by atoms with van der Waals surface area (Å²) in [6, 6.07) is 4.65. The van der Waals surface area contributed by atoms with Gasteiger partial charge in [-0.2, -0.15) is 0 Å². The molecule has 0 aliphatic heterocycles. The molecular weight excluding hydrogens is 233 g/mol. The number of hydrogen-bond acceptors (Lipinski definition) is 4. The van der Waals surface area contributed by atoms with Gasteiger partial charge >= 0.3 is 0 Å². The molecule has 0 saturated carbocycles. The van der Waals surface area contributed by atoms with Gasteiger partial charge in [0.25, 0.3) is 0 Å². The molecule has 18 heavy (non-hydrogen) atoms. The quantitative estimate of drug-likeness (QED) is 0.681. The predicted octanol–water partition coefficient (Wildman–Crippen LogP) is 0.908. The van der Waals surface area contributed by atoms with Crippen molar-refractivity contribution in [2.75, 3.05) is 20.7 Å². The Balaban J connectivity index is 3.22. The zero-order valence-electron chi connectivity index (χ0n) is 10.6. The highest BCUT2D eigenvalue weighted by atomic mass is 19.1. The zero-order chi connectivity index (χ0) is 13.5. The molecule has 0 amide bonds. The van der Waals surface area contributed by atoms with Crippen LogP contribution in [0.3, 0.4) is 0 Å². The smallest absolute Gasteiger partial charge is 0.124 e. The maximum atomic E-state index is 13.5. The maximum absolute atomic E-state index is 13.5. The summed E-state index contributed by atoms with van der Waals surface area (Å²) in [7, 11) is 3.35.